The molecule has 142 valence electrons. The second kappa shape index (κ2) is 9.29. The van der Waals surface area contributed by atoms with Gasteiger partial charge in [0.15, 0.2) is 6.29 Å². The second-order valence-electron chi connectivity index (χ2n) is 6.22. The van der Waals surface area contributed by atoms with Crippen molar-refractivity contribution in [3.05, 3.63) is 83.4 Å². The number of carbonyl (C=O) groups is 2. The Morgan fingerprint density at radius 2 is 1.64 bits per heavy atom. The summed E-state index contributed by atoms with van der Waals surface area (Å²) in [4.78, 5) is 23.5. The lowest BCUT2D eigenvalue weighted by molar-refractivity contribution is 0.0734. The molecule has 0 heterocycles. The number of hydrogen-bond donors (Lipinski definition) is 0. The fourth-order valence-corrected chi connectivity index (χ4v) is 3.19. The van der Waals surface area contributed by atoms with E-state index in [0.717, 1.165) is 30.0 Å². The van der Waals surface area contributed by atoms with E-state index in [1.807, 2.05) is 30.3 Å². The van der Waals surface area contributed by atoms with Gasteiger partial charge in [-0.1, -0.05) is 30.3 Å². The molecule has 3 rings (SSSR count). The molecule has 0 fully saturated rings. The first-order chi connectivity index (χ1) is 13.6. The van der Waals surface area contributed by atoms with E-state index in [9.17, 15) is 9.59 Å². The van der Waals surface area contributed by atoms with Gasteiger partial charge < -0.3 is 9.47 Å². The Labute approximate surface area is 166 Å². The number of hydrogen-bond acceptors (Lipinski definition) is 4. The van der Waals surface area contributed by atoms with Gasteiger partial charge in [-0.05, 0) is 65.7 Å². The van der Waals surface area contributed by atoms with E-state index in [2.05, 4.69) is 9.24 Å². The summed E-state index contributed by atoms with van der Waals surface area (Å²) < 4.78 is 10.6. The highest BCUT2D eigenvalue weighted by Crippen LogP contribution is 2.27. The Bertz CT molecular complexity index is 963. The standard InChI is InChI=1S/C23H21O4P/c1-26-22-11-8-19(14-20(22)15-24)17-6-9-21(10-7-17)27-23(25)18-4-2-16(3-5-18)12-13-28/h2-11,14-15H,12-13,28H2,1H3. The van der Waals surface area contributed by atoms with Gasteiger partial charge in [0.2, 0.25) is 0 Å². The third-order valence-electron chi connectivity index (χ3n) is 4.38. The smallest absolute Gasteiger partial charge is 0.343 e. The van der Waals surface area contributed by atoms with E-state index < -0.39 is 5.97 Å². The quantitative estimate of drug-likeness (QED) is 0.251. The van der Waals surface area contributed by atoms with Crippen LogP contribution in [0.3, 0.4) is 0 Å². The third kappa shape index (κ3) is 4.65. The molecule has 0 aliphatic heterocycles. The predicted octanol–water partition coefficient (Wildman–Crippen LogP) is 4.81. The van der Waals surface area contributed by atoms with Crippen LogP contribution in [-0.4, -0.2) is 25.5 Å². The highest BCUT2D eigenvalue weighted by molar-refractivity contribution is 7.16. The molecule has 4 nitrogen and oxygen atoms in total. The summed E-state index contributed by atoms with van der Waals surface area (Å²) in [6.07, 6.45) is 2.71. The molecule has 0 saturated carbocycles. The first-order valence-corrected chi connectivity index (χ1v) is 9.71. The molecule has 0 spiro atoms. The van der Waals surface area contributed by atoms with E-state index in [4.69, 9.17) is 9.47 Å². The molecule has 0 amide bonds. The number of aldehydes is 1. The van der Waals surface area contributed by atoms with Crippen molar-refractivity contribution in [2.75, 3.05) is 13.3 Å². The molecule has 0 saturated heterocycles. The zero-order valence-electron chi connectivity index (χ0n) is 15.6. The molecule has 1 unspecified atom stereocenters. The molecular formula is C23H21O4P. The van der Waals surface area contributed by atoms with Gasteiger partial charge in [-0.3, -0.25) is 4.79 Å². The first-order valence-electron chi connectivity index (χ1n) is 8.89. The summed E-state index contributed by atoms with van der Waals surface area (Å²) in [5, 5.41) is 0. The average molecular weight is 392 g/mol. The summed E-state index contributed by atoms with van der Waals surface area (Å²) in [6, 6.07) is 20.0. The molecule has 0 N–H and O–H groups in total. The maximum absolute atomic E-state index is 12.3. The van der Waals surface area contributed by atoms with Crippen molar-refractivity contribution in [3.8, 4) is 22.6 Å². The van der Waals surface area contributed by atoms with Gasteiger partial charge in [-0.25, -0.2) is 4.79 Å². The fraction of sp³-hybridized carbons (Fsp3) is 0.130. The normalized spacial score (nSPS) is 10.4. The highest BCUT2D eigenvalue weighted by atomic mass is 31.0. The minimum atomic E-state index is -0.391. The third-order valence-corrected chi connectivity index (χ3v) is 4.67. The van der Waals surface area contributed by atoms with E-state index >= 15 is 0 Å². The van der Waals surface area contributed by atoms with Crippen molar-refractivity contribution in [1.29, 1.82) is 0 Å². The maximum atomic E-state index is 12.3. The fourth-order valence-electron chi connectivity index (χ4n) is 2.86. The van der Waals surface area contributed by atoms with Gasteiger partial charge in [-0.15, -0.1) is 9.24 Å². The van der Waals surface area contributed by atoms with Crippen molar-refractivity contribution < 1.29 is 19.1 Å². The minimum absolute atomic E-state index is 0.391. The molecule has 0 aliphatic carbocycles. The van der Waals surface area contributed by atoms with Gasteiger partial charge >= 0.3 is 5.97 Å². The van der Waals surface area contributed by atoms with Crippen LogP contribution < -0.4 is 9.47 Å². The highest BCUT2D eigenvalue weighted by Gasteiger charge is 2.10. The molecule has 1 atom stereocenters. The Kier molecular flexibility index (Phi) is 6.57. The van der Waals surface area contributed by atoms with Crippen molar-refractivity contribution >= 4 is 21.5 Å². The van der Waals surface area contributed by atoms with E-state index in [0.29, 0.717) is 22.6 Å². The van der Waals surface area contributed by atoms with Crippen molar-refractivity contribution in [1.82, 2.24) is 0 Å². The Hall–Kier alpha value is -2.97. The summed E-state index contributed by atoms with van der Waals surface area (Å²) in [5.74, 6) is 0.609. The number of rotatable bonds is 7. The minimum Gasteiger partial charge on any atom is -0.496 e. The summed E-state index contributed by atoms with van der Waals surface area (Å²) in [5.41, 5.74) is 3.98. The number of ether oxygens (including phenoxy) is 2. The average Bonchev–Trinajstić information content (AvgIpc) is 2.74. The molecule has 0 radical (unpaired) electrons. The molecule has 0 aromatic heterocycles. The van der Waals surface area contributed by atoms with E-state index in [-0.39, 0.29) is 0 Å². The second-order valence-corrected chi connectivity index (χ2v) is 6.80. The lowest BCUT2D eigenvalue weighted by atomic mass is 10.0. The zero-order chi connectivity index (χ0) is 19.9. The lowest BCUT2D eigenvalue weighted by Crippen LogP contribution is -2.08. The number of aryl methyl sites for hydroxylation is 1. The van der Waals surface area contributed by atoms with Gasteiger partial charge in [0.05, 0.1) is 18.2 Å². The lowest BCUT2D eigenvalue weighted by Gasteiger charge is -2.09. The van der Waals surface area contributed by atoms with Crippen LogP contribution in [0.5, 0.6) is 11.5 Å². The molecule has 0 aliphatic rings. The van der Waals surface area contributed by atoms with Crippen LogP contribution in [0, 0.1) is 0 Å². The Balaban J connectivity index is 1.72. The van der Waals surface area contributed by atoms with Crippen molar-refractivity contribution in [3.63, 3.8) is 0 Å². The topological polar surface area (TPSA) is 52.6 Å². The van der Waals surface area contributed by atoms with E-state index in [1.54, 1.807) is 36.4 Å². The molecule has 3 aromatic carbocycles. The van der Waals surface area contributed by atoms with Crippen LogP contribution in [-0.2, 0) is 6.42 Å². The Morgan fingerprint density at radius 3 is 2.25 bits per heavy atom. The van der Waals surface area contributed by atoms with Crippen LogP contribution in [0.15, 0.2) is 66.7 Å². The number of carbonyl (C=O) groups excluding carboxylic acids is 2. The number of esters is 1. The van der Waals surface area contributed by atoms with Gasteiger partial charge in [0, 0.05) is 0 Å². The van der Waals surface area contributed by atoms with Crippen LogP contribution in [0.25, 0.3) is 11.1 Å². The molecule has 0 bridgehead atoms. The number of benzene rings is 3. The van der Waals surface area contributed by atoms with Gasteiger partial charge in [0.1, 0.15) is 11.5 Å². The number of methoxy groups -OCH3 is 1. The monoisotopic (exact) mass is 392 g/mol. The summed E-state index contributed by atoms with van der Waals surface area (Å²) in [6.45, 7) is 0. The summed E-state index contributed by atoms with van der Waals surface area (Å²) >= 11 is 0. The van der Waals surface area contributed by atoms with E-state index in [1.165, 1.54) is 12.7 Å². The van der Waals surface area contributed by atoms with Gasteiger partial charge in [0.25, 0.3) is 0 Å². The van der Waals surface area contributed by atoms with Gasteiger partial charge in [-0.2, -0.15) is 0 Å². The Morgan fingerprint density at radius 1 is 0.964 bits per heavy atom. The van der Waals surface area contributed by atoms with Crippen LogP contribution in [0.4, 0.5) is 0 Å². The molecule has 28 heavy (non-hydrogen) atoms. The van der Waals surface area contributed by atoms with Crippen LogP contribution in [0.2, 0.25) is 0 Å². The predicted molar refractivity (Wildman–Crippen MR) is 113 cm³/mol. The molecular weight excluding hydrogens is 371 g/mol. The summed E-state index contributed by atoms with van der Waals surface area (Å²) in [7, 11) is 4.22. The van der Waals surface area contributed by atoms with Crippen molar-refractivity contribution in [2.45, 2.75) is 6.42 Å². The molecule has 5 heteroatoms. The largest absolute Gasteiger partial charge is 0.496 e. The van der Waals surface area contributed by atoms with Crippen molar-refractivity contribution in [2.24, 2.45) is 0 Å². The molecule has 3 aromatic rings. The first kappa shape index (κ1) is 19.8. The van der Waals surface area contributed by atoms with Crippen LogP contribution >= 0.6 is 9.24 Å². The van der Waals surface area contributed by atoms with Crippen LogP contribution in [0.1, 0.15) is 26.3 Å². The maximum Gasteiger partial charge on any atom is 0.343 e. The zero-order valence-corrected chi connectivity index (χ0v) is 16.7. The SMILES string of the molecule is COc1ccc(-c2ccc(OC(=O)c3ccc(CCP)cc3)cc2)cc1C=O.